The van der Waals surface area contributed by atoms with E-state index in [4.69, 9.17) is 21.3 Å². The molecule has 0 saturated heterocycles. The van der Waals surface area contributed by atoms with E-state index in [0.29, 0.717) is 55.0 Å². The molecule has 10 heteroatoms. The molecular formula is C30H27BrClN3O4S. The zero-order valence-electron chi connectivity index (χ0n) is 22.4. The molecule has 0 saturated carbocycles. The van der Waals surface area contributed by atoms with Crippen molar-refractivity contribution in [2.24, 2.45) is 4.99 Å². The van der Waals surface area contributed by atoms with Crippen LogP contribution in [-0.2, 0) is 4.79 Å². The van der Waals surface area contributed by atoms with Crippen LogP contribution >= 0.6 is 38.9 Å². The molecule has 0 fully saturated rings. The van der Waals surface area contributed by atoms with E-state index >= 15 is 0 Å². The Kier molecular flexibility index (Phi) is 7.90. The highest BCUT2D eigenvalue weighted by atomic mass is 79.9. The number of hydrogen-bond donors (Lipinski definition) is 1. The average molecular weight is 641 g/mol. The van der Waals surface area contributed by atoms with Crippen LogP contribution in [0.15, 0.2) is 74.1 Å². The normalized spacial score (nSPS) is 15.2. The summed E-state index contributed by atoms with van der Waals surface area (Å²) < 4.78 is 8.41. The van der Waals surface area contributed by atoms with E-state index in [-0.39, 0.29) is 22.2 Å². The van der Waals surface area contributed by atoms with Crippen LogP contribution in [0.5, 0.6) is 11.5 Å². The second-order valence-corrected chi connectivity index (χ2v) is 11.6. The van der Waals surface area contributed by atoms with E-state index in [1.165, 1.54) is 11.3 Å². The quantitative estimate of drug-likeness (QED) is 0.307. The molecule has 1 amide bonds. The maximum Gasteiger partial charge on any atom is 0.271 e. The molecule has 1 aliphatic rings. The fourth-order valence-electron chi connectivity index (χ4n) is 5.12. The third-order valence-electron chi connectivity index (χ3n) is 7.07. The van der Waals surface area contributed by atoms with Crippen molar-refractivity contribution in [2.45, 2.75) is 26.8 Å². The fourth-order valence-corrected chi connectivity index (χ4v) is 6.99. The molecule has 1 atom stereocenters. The molecule has 40 heavy (non-hydrogen) atoms. The summed E-state index contributed by atoms with van der Waals surface area (Å²) in [6.45, 7) is 6.68. The van der Waals surface area contributed by atoms with Crippen molar-refractivity contribution in [3.63, 3.8) is 0 Å². The third-order valence-corrected chi connectivity index (χ3v) is 8.80. The van der Waals surface area contributed by atoms with Crippen molar-refractivity contribution in [1.29, 1.82) is 0 Å². The number of thiazole rings is 1. The Morgan fingerprint density at radius 1 is 1.23 bits per heavy atom. The van der Waals surface area contributed by atoms with E-state index < -0.39 is 6.04 Å². The standard InChI is InChI=1S/C30H27BrClN3O4S/c1-5-34(6-2)29(38)24-16(3)33-30-35(26(24)25-20-10-8-7-9-17(20)11-12-22(25)39-4)28(37)23(40-30)14-18-13-19(31)15-21(32)27(18)36/h7-15,26,36H,5-6H2,1-4H3/b23-14+/t26-/m0/s1. The Morgan fingerprint density at radius 3 is 2.65 bits per heavy atom. The van der Waals surface area contributed by atoms with Crippen molar-refractivity contribution >= 4 is 61.6 Å². The van der Waals surface area contributed by atoms with E-state index in [9.17, 15) is 14.7 Å². The SMILES string of the molecule is CCN(CC)C(=O)C1=C(C)N=c2s/c(=C/c3cc(Br)cc(Cl)c3O)c(=O)n2[C@@H]1c1c(OC)ccc2ccccc12. The number of aromatic nitrogens is 1. The summed E-state index contributed by atoms with van der Waals surface area (Å²) in [5.74, 6) is 0.253. The van der Waals surface area contributed by atoms with Gasteiger partial charge < -0.3 is 14.7 Å². The monoisotopic (exact) mass is 639 g/mol. The Morgan fingerprint density at radius 2 is 1.95 bits per heavy atom. The largest absolute Gasteiger partial charge is 0.506 e. The highest BCUT2D eigenvalue weighted by Crippen LogP contribution is 2.40. The Balaban J connectivity index is 1.87. The number of rotatable bonds is 6. The number of amides is 1. The second kappa shape index (κ2) is 11.2. The number of methoxy groups -OCH3 is 1. The molecule has 0 spiro atoms. The average Bonchev–Trinajstić information content (AvgIpc) is 3.24. The predicted molar refractivity (Wildman–Crippen MR) is 163 cm³/mol. The number of aromatic hydroxyl groups is 1. The summed E-state index contributed by atoms with van der Waals surface area (Å²) >= 11 is 10.8. The number of phenolic OH excluding ortho intramolecular Hbond substituents is 1. The van der Waals surface area contributed by atoms with Crippen LogP contribution in [0.25, 0.3) is 16.8 Å². The molecule has 5 rings (SSSR count). The first-order valence-corrected chi connectivity index (χ1v) is 14.7. The summed E-state index contributed by atoms with van der Waals surface area (Å²) in [4.78, 5) is 35.1. The molecule has 1 N–H and O–H groups in total. The van der Waals surface area contributed by atoms with Gasteiger partial charge in [-0.05, 0) is 55.8 Å². The first-order valence-electron chi connectivity index (χ1n) is 12.8. The number of hydrogen-bond acceptors (Lipinski definition) is 6. The van der Waals surface area contributed by atoms with Gasteiger partial charge in [0.15, 0.2) is 4.80 Å². The number of ether oxygens (including phenoxy) is 1. The molecule has 2 heterocycles. The van der Waals surface area contributed by atoms with E-state index in [0.717, 1.165) is 10.8 Å². The molecule has 206 valence electrons. The molecule has 3 aromatic carbocycles. The van der Waals surface area contributed by atoms with Crippen molar-refractivity contribution in [2.75, 3.05) is 20.2 Å². The minimum absolute atomic E-state index is 0.128. The molecule has 7 nitrogen and oxygen atoms in total. The van der Waals surface area contributed by atoms with Gasteiger partial charge in [-0.15, -0.1) is 0 Å². The number of likely N-dealkylation sites (N-methyl/N-ethyl adjacent to an activating group) is 1. The van der Waals surface area contributed by atoms with Crippen LogP contribution in [0.4, 0.5) is 0 Å². The van der Waals surface area contributed by atoms with Gasteiger partial charge in [-0.1, -0.05) is 69.2 Å². The Labute approximate surface area is 248 Å². The second-order valence-electron chi connectivity index (χ2n) is 9.29. The Bertz CT molecular complexity index is 1870. The van der Waals surface area contributed by atoms with Gasteiger partial charge in [-0.25, -0.2) is 4.99 Å². The molecule has 0 bridgehead atoms. The van der Waals surface area contributed by atoms with Crippen molar-refractivity contribution < 1.29 is 14.6 Å². The lowest BCUT2D eigenvalue weighted by Crippen LogP contribution is -2.43. The van der Waals surface area contributed by atoms with Crippen molar-refractivity contribution in [3.05, 3.63) is 100 Å². The molecule has 1 aromatic heterocycles. The van der Waals surface area contributed by atoms with Gasteiger partial charge in [0.1, 0.15) is 17.5 Å². The number of allylic oxidation sites excluding steroid dienone is 1. The summed E-state index contributed by atoms with van der Waals surface area (Å²) in [5.41, 5.74) is 1.73. The van der Waals surface area contributed by atoms with Crippen LogP contribution in [-0.4, -0.2) is 40.7 Å². The number of fused-ring (bicyclic) bond motifs is 2. The number of benzene rings is 3. The van der Waals surface area contributed by atoms with Gasteiger partial charge in [0.2, 0.25) is 0 Å². The molecule has 0 radical (unpaired) electrons. The third kappa shape index (κ3) is 4.76. The summed E-state index contributed by atoms with van der Waals surface area (Å²) in [7, 11) is 1.58. The van der Waals surface area contributed by atoms with Crippen molar-refractivity contribution in [3.8, 4) is 11.5 Å². The van der Waals surface area contributed by atoms with Crippen LogP contribution in [0.2, 0.25) is 5.02 Å². The van der Waals surface area contributed by atoms with Gasteiger partial charge in [0.05, 0.1) is 27.9 Å². The maximum atomic E-state index is 14.2. The van der Waals surface area contributed by atoms with Gasteiger partial charge in [0.25, 0.3) is 11.5 Å². The molecular weight excluding hydrogens is 614 g/mol. The van der Waals surface area contributed by atoms with Gasteiger partial charge in [-0.3, -0.25) is 14.2 Å². The van der Waals surface area contributed by atoms with E-state index in [1.54, 1.807) is 41.7 Å². The molecule has 0 aliphatic carbocycles. The molecule has 1 aliphatic heterocycles. The smallest absolute Gasteiger partial charge is 0.271 e. The zero-order chi connectivity index (χ0) is 28.7. The van der Waals surface area contributed by atoms with E-state index in [1.807, 2.05) is 50.2 Å². The topological polar surface area (TPSA) is 84.1 Å². The van der Waals surface area contributed by atoms with E-state index in [2.05, 4.69) is 15.9 Å². The van der Waals surface area contributed by atoms with Gasteiger partial charge >= 0.3 is 0 Å². The molecule has 0 unspecified atom stereocenters. The lowest BCUT2D eigenvalue weighted by Gasteiger charge is -2.30. The summed E-state index contributed by atoms with van der Waals surface area (Å²) in [6.07, 6.45) is 1.60. The first-order chi connectivity index (χ1) is 19.2. The number of carbonyl (C=O) groups is 1. The highest BCUT2D eigenvalue weighted by Gasteiger charge is 2.36. The van der Waals surface area contributed by atoms with Crippen molar-refractivity contribution in [1.82, 2.24) is 9.47 Å². The number of halogens is 2. The minimum Gasteiger partial charge on any atom is -0.506 e. The lowest BCUT2D eigenvalue weighted by atomic mass is 9.90. The van der Waals surface area contributed by atoms with Gasteiger partial charge in [0, 0.05) is 28.7 Å². The van der Waals surface area contributed by atoms with Crippen LogP contribution in [0.1, 0.15) is 37.9 Å². The maximum absolute atomic E-state index is 14.2. The van der Waals surface area contributed by atoms with Gasteiger partial charge in [-0.2, -0.15) is 0 Å². The zero-order valence-corrected chi connectivity index (χ0v) is 25.5. The number of phenols is 1. The minimum atomic E-state index is -0.785. The summed E-state index contributed by atoms with van der Waals surface area (Å²) in [6, 6.07) is 14.1. The van der Waals surface area contributed by atoms with Crippen LogP contribution in [0, 0.1) is 0 Å². The van der Waals surface area contributed by atoms with Crippen LogP contribution in [0.3, 0.4) is 0 Å². The Hall–Kier alpha value is -3.40. The number of nitrogens with zero attached hydrogens (tertiary/aromatic N) is 3. The fraction of sp³-hybridized carbons (Fsp3) is 0.233. The highest BCUT2D eigenvalue weighted by molar-refractivity contribution is 9.10. The first kappa shape index (κ1) is 28.1. The van der Waals surface area contributed by atoms with Crippen LogP contribution < -0.4 is 19.6 Å². The lowest BCUT2D eigenvalue weighted by molar-refractivity contribution is -0.127. The number of carbonyl (C=O) groups excluding carboxylic acids is 1. The molecule has 4 aromatic rings. The predicted octanol–water partition coefficient (Wildman–Crippen LogP) is 5.39. The summed E-state index contributed by atoms with van der Waals surface area (Å²) in [5, 5.41) is 12.6.